The van der Waals surface area contributed by atoms with E-state index in [9.17, 15) is 4.91 Å². The fraction of sp³-hybridized carbons (Fsp3) is 0.143. The van der Waals surface area contributed by atoms with Crippen LogP contribution in [0.25, 0.3) is 0 Å². The summed E-state index contributed by atoms with van der Waals surface area (Å²) in [6, 6.07) is 0. The molecule has 52 valence electrons. The van der Waals surface area contributed by atoms with Crippen LogP contribution in [0, 0.1) is 4.91 Å². The molecule has 0 spiro atoms. The SMILES string of the molecule is O=NSC1=CCC=CC=C1. The molecule has 0 aromatic carbocycles. The van der Waals surface area contributed by atoms with Crippen LogP contribution in [0.4, 0.5) is 0 Å². The summed E-state index contributed by atoms with van der Waals surface area (Å²) in [6.45, 7) is 0. The molecule has 0 aliphatic heterocycles. The molecule has 2 nitrogen and oxygen atoms in total. The first-order valence-corrected chi connectivity index (χ1v) is 3.74. The molecule has 0 saturated heterocycles. The molecule has 0 unspecified atom stereocenters. The monoisotopic (exact) mass is 153 g/mol. The molecule has 1 rings (SSSR count). The summed E-state index contributed by atoms with van der Waals surface area (Å²) in [5, 5.41) is 0. The van der Waals surface area contributed by atoms with Gasteiger partial charge in [-0.3, -0.25) is 0 Å². The number of hydrogen-bond donors (Lipinski definition) is 0. The van der Waals surface area contributed by atoms with Gasteiger partial charge in [0.05, 0.1) is 11.9 Å². The van der Waals surface area contributed by atoms with Crippen molar-refractivity contribution in [3.8, 4) is 0 Å². The summed E-state index contributed by atoms with van der Waals surface area (Å²) in [7, 11) is 0. The van der Waals surface area contributed by atoms with E-state index in [0.29, 0.717) is 0 Å². The first kappa shape index (κ1) is 7.28. The largest absolute Gasteiger partial charge is 0.137 e. The molecule has 0 aromatic heterocycles. The van der Waals surface area contributed by atoms with Crippen molar-refractivity contribution in [1.82, 2.24) is 0 Å². The minimum atomic E-state index is 0.880. The molecule has 0 aromatic rings. The van der Waals surface area contributed by atoms with Crippen molar-refractivity contribution >= 4 is 11.9 Å². The molecule has 1 aliphatic carbocycles. The lowest BCUT2D eigenvalue weighted by Crippen LogP contribution is -1.64. The molecule has 0 N–H and O–H groups in total. The van der Waals surface area contributed by atoms with Crippen molar-refractivity contribution in [2.45, 2.75) is 6.42 Å². The van der Waals surface area contributed by atoms with Crippen LogP contribution in [-0.4, -0.2) is 0 Å². The first-order chi connectivity index (χ1) is 4.93. The van der Waals surface area contributed by atoms with Gasteiger partial charge in [0.1, 0.15) is 0 Å². The van der Waals surface area contributed by atoms with Gasteiger partial charge in [-0.2, -0.15) is 0 Å². The topological polar surface area (TPSA) is 29.4 Å². The van der Waals surface area contributed by atoms with Gasteiger partial charge in [-0.25, -0.2) is 0 Å². The molecular formula is C7H7NOS. The van der Waals surface area contributed by atoms with Crippen LogP contribution in [0.2, 0.25) is 0 Å². The van der Waals surface area contributed by atoms with Crippen LogP contribution in [0.1, 0.15) is 6.42 Å². The van der Waals surface area contributed by atoms with Crippen molar-refractivity contribution in [3.05, 3.63) is 40.2 Å². The zero-order chi connectivity index (χ0) is 7.23. The third kappa shape index (κ3) is 2.19. The van der Waals surface area contributed by atoms with Crippen LogP contribution in [0.15, 0.2) is 39.9 Å². The maximum absolute atomic E-state index is 9.80. The molecule has 0 amide bonds. The average molecular weight is 153 g/mol. The molecule has 10 heavy (non-hydrogen) atoms. The third-order valence-electron chi connectivity index (χ3n) is 1.11. The average Bonchev–Trinajstić information content (AvgIpc) is 2.17. The summed E-state index contributed by atoms with van der Waals surface area (Å²) in [6.07, 6.45) is 10.6. The Hall–Kier alpha value is -0.830. The van der Waals surface area contributed by atoms with Crippen LogP contribution >= 0.6 is 11.9 Å². The Morgan fingerprint density at radius 2 is 2.40 bits per heavy atom. The molecule has 3 heteroatoms. The Bertz CT molecular complexity index is 206. The van der Waals surface area contributed by atoms with Gasteiger partial charge in [0.25, 0.3) is 0 Å². The van der Waals surface area contributed by atoms with E-state index in [1.807, 2.05) is 30.4 Å². The van der Waals surface area contributed by atoms with E-state index in [4.69, 9.17) is 0 Å². The summed E-state index contributed by atoms with van der Waals surface area (Å²) < 4.78 is 2.72. The lowest BCUT2D eigenvalue weighted by Gasteiger charge is -1.87. The fourth-order valence-electron chi connectivity index (χ4n) is 0.670. The van der Waals surface area contributed by atoms with Crippen LogP contribution in [0.3, 0.4) is 0 Å². The van der Waals surface area contributed by atoms with Crippen LogP contribution in [0.5, 0.6) is 0 Å². The second-order valence-electron chi connectivity index (χ2n) is 1.80. The van der Waals surface area contributed by atoms with Crippen LogP contribution < -0.4 is 0 Å². The number of nitroso groups, excluding NO2 is 1. The third-order valence-corrected chi connectivity index (χ3v) is 1.69. The van der Waals surface area contributed by atoms with E-state index in [1.54, 1.807) is 0 Å². The van der Waals surface area contributed by atoms with Crippen molar-refractivity contribution in [2.24, 2.45) is 4.58 Å². The molecule has 0 fully saturated rings. The molecule has 1 aliphatic rings. The van der Waals surface area contributed by atoms with E-state index >= 15 is 0 Å². The van der Waals surface area contributed by atoms with Gasteiger partial charge in [-0.15, -0.1) is 4.91 Å². The lowest BCUT2D eigenvalue weighted by atomic mass is 10.4. The van der Waals surface area contributed by atoms with Gasteiger partial charge in [-0.05, 0) is 12.5 Å². The van der Waals surface area contributed by atoms with E-state index in [2.05, 4.69) is 4.58 Å². The highest BCUT2D eigenvalue weighted by Gasteiger charge is 1.92. The van der Waals surface area contributed by atoms with Gasteiger partial charge >= 0.3 is 0 Å². The van der Waals surface area contributed by atoms with Gasteiger partial charge in [0, 0.05) is 9.49 Å². The second-order valence-corrected chi connectivity index (χ2v) is 2.60. The smallest absolute Gasteiger partial charge is 0.0567 e. The summed E-state index contributed by atoms with van der Waals surface area (Å²) in [5.41, 5.74) is 0. The molecular weight excluding hydrogens is 146 g/mol. The minimum Gasteiger partial charge on any atom is -0.137 e. The zero-order valence-corrected chi connectivity index (χ0v) is 6.17. The predicted octanol–water partition coefficient (Wildman–Crippen LogP) is 2.80. The van der Waals surface area contributed by atoms with E-state index in [-0.39, 0.29) is 0 Å². The van der Waals surface area contributed by atoms with Crippen molar-refractivity contribution in [2.75, 3.05) is 0 Å². The molecule has 0 saturated carbocycles. The molecule has 0 heterocycles. The maximum atomic E-state index is 9.80. The standard InChI is InChI=1S/C7H7NOS/c9-8-10-7-5-3-1-2-4-6-7/h1-3,5-6H,4H2. The van der Waals surface area contributed by atoms with Crippen LogP contribution in [-0.2, 0) is 0 Å². The summed E-state index contributed by atoms with van der Waals surface area (Å²) in [4.78, 5) is 10.7. The Morgan fingerprint density at radius 1 is 1.50 bits per heavy atom. The van der Waals surface area contributed by atoms with E-state index in [1.165, 1.54) is 0 Å². The molecule has 0 atom stereocenters. The number of allylic oxidation sites excluding steroid dienone is 5. The van der Waals surface area contributed by atoms with Gasteiger partial charge in [0.2, 0.25) is 0 Å². The second kappa shape index (κ2) is 4.06. The zero-order valence-electron chi connectivity index (χ0n) is 5.36. The van der Waals surface area contributed by atoms with Gasteiger partial charge in [-0.1, -0.05) is 24.3 Å². The number of rotatable bonds is 2. The van der Waals surface area contributed by atoms with E-state index < -0.39 is 0 Å². The summed E-state index contributed by atoms with van der Waals surface area (Å²) in [5.74, 6) is 0. The fourth-order valence-corrected chi connectivity index (χ4v) is 1.07. The Morgan fingerprint density at radius 3 is 3.20 bits per heavy atom. The molecule has 0 bridgehead atoms. The Balaban J connectivity index is 2.59. The van der Waals surface area contributed by atoms with Crippen molar-refractivity contribution in [3.63, 3.8) is 0 Å². The quantitative estimate of drug-likeness (QED) is 0.451. The van der Waals surface area contributed by atoms with Gasteiger partial charge < -0.3 is 0 Å². The van der Waals surface area contributed by atoms with Crippen molar-refractivity contribution in [1.29, 1.82) is 0 Å². The first-order valence-electron chi connectivity index (χ1n) is 2.96. The van der Waals surface area contributed by atoms with Gasteiger partial charge in [0.15, 0.2) is 0 Å². The Labute approximate surface area is 63.8 Å². The highest BCUT2D eigenvalue weighted by atomic mass is 32.2. The normalized spacial score (nSPS) is 16.2. The lowest BCUT2D eigenvalue weighted by molar-refractivity contribution is 1.40. The number of nitrogens with zero attached hydrogens (tertiary/aromatic N) is 1. The van der Waals surface area contributed by atoms with Crippen molar-refractivity contribution < 1.29 is 0 Å². The highest BCUT2D eigenvalue weighted by Crippen LogP contribution is 2.19. The minimum absolute atomic E-state index is 0.880. The Kier molecular flexibility index (Phi) is 2.96. The maximum Gasteiger partial charge on any atom is 0.0567 e. The highest BCUT2D eigenvalue weighted by molar-refractivity contribution is 8.01. The summed E-state index contributed by atoms with van der Waals surface area (Å²) >= 11 is 0.969. The predicted molar refractivity (Wildman–Crippen MR) is 44.4 cm³/mol. The van der Waals surface area contributed by atoms with E-state index in [0.717, 1.165) is 23.3 Å². The number of hydrogen-bond acceptors (Lipinski definition) is 3. The molecule has 0 radical (unpaired) electrons.